The topological polar surface area (TPSA) is 67.6 Å². The van der Waals surface area contributed by atoms with E-state index >= 15 is 0 Å². The van der Waals surface area contributed by atoms with Crippen molar-refractivity contribution in [2.75, 3.05) is 5.73 Å². The molecule has 5 heteroatoms. The Balaban J connectivity index is 2.00. The van der Waals surface area contributed by atoms with E-state index in [9.17, 15) is 4.39 Å². The normalized spacial score (nSPS) is 10.6. The van der Waals surface area contributed by atoms with Gasteiger partial charge in [0.1, 0.15) is 11.6 Å². The third-order valence-corrected chi connectivity index (χ3v) is 2.84. The molecule has 0 atom stereocenters. The van der Waals surface area contributed by atoms with Gasteiger partial charge >= 0.3 is 0 Å². The van der Waals surface area contributed by atoms with Crippen LogP contribution >= 0.6 is 0 Å². The third-order valence-electron chi connectivity index (χ3n) is 2.84. The first-order valence-corrected chi connectivity index (χ1v) is 5.75. The maximum atomic E-state index is 12.9. The number of nitrogens with zero attached hydrogens (tertiary/aromatic N) is 2. The molecule has 0 spiro atoms. The quantitative estimate of drug-likeness (QED) is 0.738. The second-order valence-electron chi connectivity index (χ2n) is 4.12. The number of rotatable bonds is 2. The van der Waals surface area contributed by atoms with Crippen LogP contribution in [0.15, 0.2) is 48.9 Å². The average Bonchev–Trinajstić information content (AvgIpc) is 2.89. The Labute approximate surface area is 109 Å². The molecule has 4 nitrogen and oxygen atoms in total. The van der Waals surface area contributed by atoms with Crippen LogP contribution in [0.2, 0.25) is 0 Å². The van der Waals surface area contributed by atoms with Crippen molar-refractivity contribution in [1.82, 2.24) is 15.0 Å². The lowest BCUT2D eigenvalue weighted by Crippen LogP contribution is -1.91. The Morgan fingerprint density at radius 2 is 1.84 bits per heavy atom. The molecule has 2 aromatic heterocycles. The van der Waals surface area contributed by atoms with Gasteiger partial charge in [-0.25, -0.2) is 9.37 Å². The highest BCUT2D eigenvalue weighted by atomic mass is 19.1. The van der Waals surface area contributed by atoms with Crippen LogP contribution in [0.25, 0.3) is 22.6 Å². The van der Waals surface area contributed by atoms with Crippen LogP contribution in [-0.2, 0) is 0 Å². The maximum Gasteiger partial charge on any atom is 0.141 e. The maximum absolute atomic E-state index is 12.9. The van der Waals surface area contributed by atoms with Crippen molar-refractivity contribution in [2.45, 2.75) is 0 Å². The van der Waals surface area contributed by atoms with Crippen molar-refractivity contribution >= 4 is 5.69 Å². The van der Waals surface area contributed by atoms with Crippen molar-refractivity contribution < 1.29 is 4.39 Å². The fourth-order valence-electron chi connectivity index (χ4n) is 1.84. The van der Waals surface area contributed by atoms with Crippen molar-refractivity contribution in [3.05, 3.63) is 54.7 Å². The molecule has 3 N–H and O–H groups in total. The van der Waals surface area contributed by atoms with Crippen molar-refractivity contribution in [3.63, 3.8) is 0 Å². The van der Waals surface area contributed by atoms with Gasteiger partial charge in [0.2, 0.25) is 0 Å². The zero-order valence-electron chi connectivity index (χ0n) is 9.97. The zero-order valence-corrected chi connectivity index (χ0v) is 9.97. The van der Waals surface area contributed by atoms with E-state index in [-0.39, 0.29) is 5.82 Å². The number of hydrogen-bond donors (Lipinski definition) is 2. The number of nitrogens with two attached hydrogens (primary N) is 1. The van der Waals surface area contributed by atoms with Gasteiger partial charge in [-0.15, -0.1) is 0 Å². The highest BCUT2D eigenvalue weighted by molar-refractivity contribution is 5.72. The van der Waals surface area contributed by atoms with Crippen molar-refractivity contribution in [3.8, 4) is 22.6 Å². The molecule has 94 valence electrons. The van der Waals surface area contributed by atoms with E-state index in [4.69, 9.17) is 5.73 Å². The molecule has 2 heterocycles. The molecule has 19 heavy (non-hydrogen) atoms. The van der Waals surface area contributed by atoms with E-state index in [1.165, 1.54) is 12.1 Å². The van der Waals surface area contributed by atoms with Crippen LogP contribution < -0.4 is 5.73 Å². The summed E-state index contributed by atoms with van der Waals surface area (Å²) >= 11 is 0. The van der Waals surface area contributed by atoms with Crippen LogP contribution in [0.4, 0.5) is 10.1 Å². The van der Waals surface area contributed by atoms with Gasteiger partial charge in [-0.3, -0.25) is 4.98 Å². The molecule has 1 aromatic carbocycles. The third kappa shape index (κ3) is 2.18. The van der Waals surface area contributed by atoms with Crippen LogP contribution in [0, 0.1) is 5.82 Å². The fourth-order valence-corrected chi connectivity index (χ4v) is 1.84. The lowest BCUT2D eigenvalue weighted by atomic mass is 10.2. The van der Waals surface area contributed by atoms with Crippen LogP contribution in [0.5, 0.6) is 0 Å². The molecule has 0 unspecified atom stereocenters. The average molecular weight is 254 g/mol. The van der Waals surface area contributed by atoms with E-state index in [1.807, 2.05) is 0 Å². The van der Waals surface area contributed by atoms with Crippen molar-refractivity contribution in [2.24, 2.45) is 0 Å². The number of hydrogen-bond acceptors (Lipinski definition) is 3. The Kier molecular flexibility index (Phi) is 2.72. The first kappa shape index (κ1) is 11.4. The predicted molar refractivity (Wildman–Crippen MR) is 71.6 cm³/mol. The molecule has 0 aliphatic heterocycles. The number of H-pyrrole nitrogens is 1. The smallest absolute Gasteiger partial charge is 0.141 e. The molecule has 0 saturated carbocycles. The van der Waals surface area contributed by atoms with Gasteiger partial charge < -0.3 is 10.7 Å². The Morgan fingerprint density at radius 3 is 2.58 bits per heavy atom. The van der Waals surface area contributed by atoms with E-state index in [1.54, 1.807) is 36.8 Å². The molecular formula is C14H11FN4. The zero-order chi connectivity index (χ0) is 13.2. The number of imidazole rings is 1. The minimum absolute atomic E-state index is 0.264. The monoisotopic (exact) mass is 254 g/mol. The van der Waals surface area contributed by atoms with Gasteiger partial charge in [-0.1, -0.05) is 0 Å². The molecule has 0 bridgehead atoms. The predicted octanol–water partition coefficient (Wildman–Crippen LogP) is 2.86. The second kappa shape index (κ2) is 4.53. The van der Waals surface area contributed by atoms with Gasteiger partial charge in [0.15, 0.2) is 0 Å². The standard InChI is InChI=1S/C14H11FN4/c15-10-3-1-9(2-4-10)13-8-18-14(19-13)11-7-17-6-5-12(11)16/h1-8H,(H2,16,17)(H,18,19). The van der Waals surface area contributed by atoms with E-state index in [2.05, 4.69) is 15.0 Å². The summed E-state index contributed by atoms with van der Waals surface area (Å²) in [4.78, 5) is 11.5. The molecular weight excluding hydrogens is 243 g/mol. The molecule has 0 amide bonds. The molecule has 0 saturated heterocycles. The SMILES string of the molecule is Nc1ccncc1-c1ncc(-c2ccc(F)cc2)[nH]1. The Hall–Kier alpha value is -2.69. The largest absolute Gasteiger partial charge is 0.398 e. The highest BCUT2D eigenvalue weighted by Gasteiger charge is 2.08. The molecule has 0 aliphatic carbocycles. The summed E-state index contributed by atoms with van der Waals surface area (Å²) in [7, 11) is 0. The van der Waals surface area contributed by atoms with Gasteiger partial charge in [-0.05, 0) is 35.9 Å². The molecule has 3 rings (SSSR count). The summed E-state index contributed by atoms with van der Waals surface area (Å²) in [6, 6.07) is 7.93. The second-order valence-corrected chi connectivity index (χ2v) is 4.12. The summed E-state index contributed by atoms with van der Waals surface area (Å²) in [5, 5.41) is 0. The Morgan fingerprint density at radius 1 is 1.05 bits per heavy atom. The lowest BCUT2D eigenvalue weighted by molar-refractivity contribution is 0.628. The number of benzene rings is 1. The van der Waals surface area contributed by atoms with Gasteiger partial charge in [0.25, 0.3) is 0 Å². The van der Waals surface area contributed by atoms with Crippen molar-refractivity contribution in [1.29, 1.82) is 0 Å². The first-order chi connectivity index (χ1) is 9.24. The number of pyridine rings is 1. The molecule has 0 aliphatic rings. The van der Waals surface area contributed by atoms with E-state index in [0.29, 0.717) is 11.5 Å². The van der Waals surface area contributed by atoms with Gasteiger partial charge in [0, 0.05) is 18.1 Å². The minimum atomic E-state index is -0.264. The summed E-state index contributed by atoms with van der Waals surface area (Å²) in [6.45, 7) is 0. The highest BCUT2D eigenvalue weighted by Crippen LogP contribution is 2.25. The summed E-state index contributed by atoms with van der Waals surface area (Å²) in [6.07, 6.45) is 4.97. The van der Waals surface area contributed by atoms with Crippen LogP contribution in [-0.4, -0.2) is 15.0 Å². The molecule has 0 radical (unpaired) electrons. The van der Waals surface area contributed by atoms with Gasteiger partial charge in [0.05, 0.1) is 17.5 Å². The summed E-state index contributed by atoms with van der Waals surface area (Å²) < 4.78 is 12.9. The summed E-state index contributed by atoms with van der Waals surface area (Å²) in [5.41, 5.74) is 8.89. The number of halogens is 1. The number of nitrogens with one attached hydrogen (secondary N) is 1. The number of anilines is 1. The Bertz CT molecular complexity index is 703. The summed E-state index contributed by atoms with van der Waals surface area (Å²) in [5.74, 6) is 0.380. The van der Waals surface area contributed by atoms with Gasteiger partial charge in [-0.2, -0.15) is 0 Å². The number of nitrogen functional groups attached to an aromatic ring is 1. The molecule has 0 fully saturated rings. The number of aromatic amines is 1. The minimum Gasteiger partial charge on any atom is -0.398 e. The first-order valence-electron chi connectivity index (χ1n) is 5.75. The van der Waals surface area contributed by atoms with E-state index < -0.39 is 0 Å². The fraction of sp³-hybridized carbons (Fsp3) is 0. The van der Waals surface area contributed by atoms with Crippen LogP contribution in [0.1, 0.15) is 0 Å². The van der Waals surface area contributed by atoms with E-state index in [0.717, 1.165) is 16.8 Å². The molecule has 3 aromatic rings. The van der Waals surface area contributed by atoms with Crippen LogP contribution in [0.3, 0.4) is 0 Å². The lowest BCUT2D eigenvalue weighted by Gasteiger charge is -2.00. The number of aromatic nitrogens is 3.